The molecule has 3 aromatic rings. The second kappa shape index (κ2) is 14.4. The third-order valence-electron chi connectivity index (χ3n) is 7.39. The molecular formula is C31H34Cl2FN3O4S. The summed E-state index contributed by atoms with van der Waals surface area (Å²) in [6.07, 6.45) is 6.01. The van der Waals surface area contributed by atoms with Crippen molar-refractivity contribution in [1.29, 1.82) is 0 Å². The highest BCUT2D eigenvalue weighted by molar-refractivity contribution is 7.92. The monoisotopic (exact) mass is 633 g/mol. The number of hydrogen-bond acceptors (Lipinski definition) is 4. The molecule has 0 saturated heterocycles. The van der Waals surface area contributed by atoms with Crippen molar-refractivity contribution in [2.45, 2.75) is 57.2 Å². The molecule has 1 aliphatic carbocycles. The Morgan fingerprint density at radius 2 is 1.62 bits per heavy atom. The van der Waals surface area contributed by atoms with Gasteiger partial charge in [0.1, 0.15) is 18.4 Å². The molecule has 1 aliphatic rings. The summed E-state index contributed by atoms with van der Waals surface area (Å²) in [7, 11) is -4.01. The Kier molecular flexibility index (Phi) is 10.9. The lowest BCUT2D eigenvalue weighted by molar-refractivity contribution is -0.140. The summed E-state index contributed by atoms with van der Waals surface area (Å²) in [5.41, 5.74) is 1.47. The van der Waals surface area contributed by atoms with Gasteiger partial charge in [0, 0.05) is 24.0 Å². The molecule has 42 heavy (non-hydrogen) atoms. The summed E-state index contributed by atoms with van der Waals surface area (Å²) in [6, 6.07) is 18.8. The third kappa shape index (κ3) is 8.46. The highest BCUT2D eigenvalue weighted by Crippen LogP contribution is 2.26. The zero-order valence-corrected chi connectivity index (χ0v) is 25.6. The molecule has 1 atom stereocenters. The van der Waals surface area contributed by atoms with Gasteiger partial charge >= 0.3 is 0 Å². The van der Waals surface area contributed by atoms with Crippen molar-refractivity contribution in [3.05, 3.63) is 99.8 Å². The van der Waals surface area contributed by atoms with Crippen LogP contribution in [0.5, 0.6) is 0 Å². The van der Waals surface area contributed by atoms with Crippen LogP contribution in [-0.2, 0) is 32.6 Å². The fraction of sp³-hybridized carbons (Fsp3) is 0.355. The van der Waals surface area contributed by atoms with E-state index in [2.05, 4.69) is 5.32 Å². The first-order valence-electron chi connectivity index (χ1n) is 13.8. The molecule has 0 heterocycles. The normalized spacial score (nSPS) is 14.7. The van der Waals surface area contributed by atoms with E-state index in [9.17, 15) is 22.4 Å². The Balaban J connectivity index is 1.74. The fourth-order valence-corrected chi connectivity index (χ4v) is 6.37. The number of amides is 2. The van der Waals surface area contributed by atoms with Gasteiger partial charge in [-0.15, -0.1) is 0 Å². The van der Waals surface area contributed by atoms with Gasteiger partial charge in [-0.3, -0.25) is 13.9 Å². The Hall–Kier alpha value is -3.14. The van der Waals surface area contributed by atoms with Crippen LogP contribution >= 0.6 is 23.2 Å². The first-order valence-corrected chi connectivity index (χ1v) is 16.4. The average molecular weight is 635 g/mol. The van der Waals surface area contributed by atoms with Crippen molar-refractivity contribution in [2.75, 3.05) is 17.1 Å². The Labute approximate surface area is 256 Å². The molecule has 1 N–H and O–H groups in total. The van der Waals surface area contributed by atoms with Crippen LogP contribution in [0.1, 0.15) is 43.2 Å². The number of carbonyl (C=O) groups is 2. The summed E-state index contributed by atoms with van der Waals surface area (Å²) in [6.45, 7) is -0.664. The van der Waals surface area contributed by atoms with Gasteiger partial charge in [0.05, 0.1) is 17.0 Å². The van der Waals surface area contributed by atoms with Crippen LogP contribution in [-0.4, -0.2) is 50.0 Å². The molecule has 11 heteroatoms. The molecule has 0 spiro atoms. The number of carbonyl (C=O) groups excluding carboxylic acids is 2. The van der Waals surface area contributed by atoms with Gasteiger partial charge in [0.2, 0.25) is 21.8 Å². The van der Waals surface area contributed by atoms with Gasteiger partial charge in [-0.25, -0.2) is 12.8 Å². The van der Waals surface area contributed by atoms with Crippen molar-refractivity contribution >= 4 is 50.7 Å². The number of rotatable bonds is 11. The standard InChI is InChI=1S/C31H34Cl2FN3O4S/c1-42(40,41)37(25-16-17-28(34)27(33)19-25)21-30(38)36(20-23-12-8-9-15-26(23)32)29(18-22-10-4-2-5-11-22)31(39)35-24-13-6-3-7-14-24/h2,4-5,8-12,15-17,19,24,29H,3,6-7,13-14,18,20-21H2,1H3,(H,35,39). The summed E-state index contributed by atoms with van der Waals surface area (Å²) >= 11 is 12.4. The minimum absolute atomic E-state index is 0.00402. The molecule has 0 bridgehead atoms. The van der Waals surface area contributed by atoms with Gasteiger partial charge in [0.15, 0.2) is 0 Å². The molecule has 224 valence electrons. The van der Waals surface area contributed by atoms with E-state index < -0.39 is 34.3 Å². The van der Waals surface area contributed by atoms with E-state index in [1.54, 1.807) is 24.3 Å². The number of hydrogen-bond donors (Lipinski definition) is 1. The van der Waals surface area contributed by atoms with Gasteiger partial charge < -0.3 is 10.2 Å². The number of nitrogens with zero attached hydrogens (tertiary/aromatic N) is 2. The Bertz CT molecular complexity index is 1500. The average Bonchev–Trinajstić information content (AvgIpc) is 2.96. The summed E-state index contributed by atoms with van der Waals surface area (Å²) in [5, 5.41) is 3.27. The first-order chi connectivity index (χ1) is 20.0. The maximum atomic E-state index is 14.2. The van der Waals surface area contributed by atoms with Gasteiger partial charge in [0.25, 0.3) is 0 Å². The Morgan fingerprint density at radius 1 is 0.952 bits per heavy atom. The van der Waals surface area contributed by atoms with Crippen molar-refractivity contribution < 1.29 is 22.4 Å². The van der Waals surface area contributed by atoms with Crippen molar-refractivity contribution in [1.82, 2.24) is 10.2 Å². The van der Waals surface area contributed by atoms with Crippen LogP contribution in [0.25, 0.3) is 0 Å². The van der Waals surface area contributed by atoms with Crippen LogP contribution in [0.2, 0.25) is 10.0 Å². The second-order valence-corrected chi connectivity index (χ2v) is 13.3. The third-order valence-corrected chi connectivity index (χ3v) is 9.19. The van der Waals surface area contributed by atoms with E-state index in [0.717, 1.165) is 60.4 Å². The van der Waals surface area contributed by atoms with Gasteiger partial charge in [-0.2, -0.15) is 0 Å². The molecule has 7 nitrogen and oxygen atoms in total. The number of nitrogens with one attached hydrogen (secondary N) is 1. The van der Waals surface area contributed by atoms with Crippen LogP contribution in [0.4, 0.5) is 10.1 Å². The number of halogens is 3. The van der Waals surface area contributed by atoms with E-state index in [-0.39, 0.29) is 35.6 Å². The van der Waals surface area contributed by atoms with Crippen LogP contribution in [0, 0.1) is 5.82 Å². The van der Waals surface area contributed by atoms with Gasteiger partial charge in [-0.05, 0) is 48.2 Å². The first kappa shape index (κ1) is 31.8. The minimum atomic E-state index is -4.01. The van der Waals surface area contributed by atoms with Crippen molar-refractivity contribution in [3.63, 3.8) is 0 Å². The van der Waals surface area contributed by atoms with E-state index in [4.69, 9.17) is 23.2 Å². The zero-order valence-electron chi connectivity index (χ0n) is 23.3. The maximum absolute atomic E-state index is 14.2. The molecule has 4 rings (SSSR count). The topological polar surface area (TPSA) is 86.8 Å². The predicted molar refractivity (Wildman–Crippen MR) is 165 cm³/mol. The lowest BCUT2D eigenvalue weighted by atomic mass is 9.94. The van der Waals surface area contributed by atoms with Gasteiger partial charge in [-0.1, -0.05) is 91.0 Å². The number of sulfonamides is 1. The predicted octanol–water partition coefficient (Wildman–Crippen LogP) is 5.99. The smallest absolute Gasteiger partial charge is 0.244 e. The van der Waals surface area contributed by atoms with Crippen molar-refractivity contribution in [2.24, 2.45) is 0 Å². The van der Waals surface area contributed by atoms with E-state index in [1.807, 2.05) is 30.3 Å². The molecule has 0 aliphatic heterocycles. The number of anilines is 1. The largest absolute Gasteiger partial charge is 0.352 e. The molecule has 1 unspecified atom stereocenters. The molecule has 3 aromatic carbocycles. The van der Waals surface area contributed by atoms with Crippen LogP contribution in [0.15, 0.2) is 72.8 Å². The molecule has 1 saturated carbocycles. The SMILES string of the molecule is CS(=O)(=O)N(CC(=O)N(Cc1ccccc1Cl)C(Cc1ccccc1)C(=O)NC1CCCCC1)c1ccc(F)c(Cl)c1. The lowest BCUT2D eigenvalue weighted by Crippen LogP contribution is -2.55. The summed E-state index contributed by atoms with van der Waals surface area (Å²) < 4.78 is 40.5. The molecule has 0 aromatic heterocycles. The lowest BCUT2D eigenvalue weighted by Gasteiger charge is -2.35. The molecular weight excluding hydrogens is 600 g/mol. The summed E-state index contributed by atoms with van der Waals surface area (Å²) in [5.74, 6) is -1.66. The van der Waals surface area contributed by atoms with E-state index in [1.165, 1.54) is 11.0 Å². The van der Waals surface area contributed by atoms with Crippen molar-refractivity contribution in [3.8, 4) is 0 Å². The van der Waals surface area contributed by atoms with E-state index in [0.29, 0.717) is 10.6 Å². The minimum Gasteiger partial charge on any atom is -0.352 e. The highest BCUT2D eigenvalue weighted by atomic mass is 35.5. The molecule has 1 fully saturated rings. The highest BCUT2D eigenvalue weighted by Gasteiger charge is 2.34. The fourth-order valence-electron chi connectivity index (χ4n) is 5.16. The van der Waals surface area contributed by atoms with E-state index >= 15 is 0 Å². The Morgan fingerprint density at radius 3 is 2.26 bits per heavy atom. The molecule has 2 amide bonds. The number of benzene rings is 3. The van der Waals surface area contributed by atoms with Crippen LogP contribution < -0.4 is 9.62 Å². The second-order valence-electron chi connectivity index (χ2n) is 10.5. The molecule has 0 radical (unpaired) electrons. The summed E-state index contributed by atoms with van der Waals surface area (Å²) in [4.78, 5) is 29.5. The van der Waals surface area contributed by atoms with Crippen LogP contribution in [0.3, 0.4) is 0 Å². The maximum Gasteiger partial charge on any atom is 0.244 e. The zero-order chi connectivity index (χ0) is 30.3. The quantitative estimate of drug-likeness (QED) is 0.281.